The molecule has 1 saturated carbocycles. The number of carbonyl (C=O) groups is 1. The summed E-state index contributed by atoms with van der Waals surface area (Å²) in [5.41, 5.74) is 0.550. The van der Waals surface area contributed by atoms with E-state index >= 15 is 0 Å². The number of benzene rings is 1. The van der Waals surface area contributed by atoms with Crippen LogP contribution in [0.15, 0.2) is 18.2 Å². The van der Waals surface area contributed by atoms with Gasteiger partial charge in [-0.2, -0.15) is 0 Å². The smallest absolute Gasteiger partial charge is 0.267 e. The van der Waals surface area contributed by atoms with Crippen molar-refractivity contribution in [2.75, 3.05) is 10.6 Å². The maximum absolute atomic E-state index is 13.7. The predicted octanol–water partition coefficient (Wildman–Crippen LogP) is 4.73. The molecular formula is C17H19F2N3OS. The number of carbonyl (C=O) groups excluding carboxylic acids is 1. The Morgan fingerprint density at radius 1 is 1.25 bits per heavy atom. The first-order chi connectivity index (χ1) is 11.5. The number of amides is 1. The molecule has 3 rings (SSSR count). The minimum absolute atomic E-state index is 0.0454. The van der Waals surface area contributed by atoms with Crippen molar-refractivity contribution in [1.29, 1.82) is 0 Å². The highest BCUT2D eigenvalue weighted by Gasteiger charge is 2.19. The molecule has 4 nitrogen and oxygen atoms in total. The van der Waals surface area contributed by atoms with E-state index in [1.54, 1.807) is 6.92 Å². The van der Waals surface area contributed by atoms with E-state index in [-0.39, 0.29) is 5.69 Å². The summed E-state index contributed by atoms with van der Waals surface area (Å²) in [5, 5.41) is 6.57. The highest BCUT2D eigenvalue weighted by molar-refractivity contribution is 7.17. The number of nitrogens with one attached hydrogen (secondary N) is 2. The largest absolute Gasteiger partial charge is 0.359 e. The molecule has 0 atom stereocenters. The van der Waals surface area contributed by atoms with Gasteiger partial charge in [0, 0.05) is 12.1 Å². The zero-order valence-electron chi connectivity index (χ0n) is 13.4. The van der Waals surface area contributed by atoms with Gasteiger partial charge in [-0.15, -0.1) is 0 Å². The summed E-state index contributed by atoms with van der Waals surface area (Å²) < 4.78 is 26.6. The van der Waals surface area contributed by atoms with Gasteiger partial charge in [0.2, 0.25) is 0 Å². The molecule has 1 fully saturated rings. The summed E-state index contributed by atoms with van der Waals surface area (Å²) >= 11 is 1.26. The first-order valence-electron chi connectivity index (χ1n) is 8.03. The SMILES string of the molecule is Cc1nc(NC2CCCCC2)sc1C(=O)Nc1ccc(F)cc1F. The Kier molecular flexibility index (Phi) is 5.08. The Morgan fingerprint density at radius 2 is 2.00 bits per heavy atom. The van der Waals surface area contributed by atoms with Crippen molar-refractivity contribution >= 4 is 28.1 Å². The van der Waals surface area contributed by atoms with Crippen molar-refractivity contribution in [2.45, 2.75) is 45.1 Å². The number of hydrogen-bond acceptors (Lipinski definition) is 4. The van der Waals surface area contributed by atoms with Gasteiger partial charge in [0.15, 0.2) is 5.13 Å². The van der Waals surface area contributed by atoms with E-state index in [4.69, 9.17) is 0 Å². The fourth-order valence-corrected chi connectivity index (χ4v) is 3.80. The maximum Gasteiger partial charge on any atom is 0.267 e. The number of aryl methyl sites for hydroxylation is 1. The van der Waals surface area contributed by atoms with E-state index in [0.717, 1.165) is 25.0 Å². The summed E-state index contributed by atoms with van der Waals surface area (Å²) in [6.45, 7) is 1.75. The lowest BCUT2D eigenvalue weighted by Crippen LogP contribution is -2.21. The van der Waals surface area contributed by atoms with E-state index in [2.05, 4.69) is 15.6 Å². The Morgan fingerprint density at radius 3 is 2.71 bits per heavy atom. The minimum Gasteiger partial charge on any atom is -0.359 e. The molecule has 2 N–H and O–H groups in total. The molecule has 7 heteroatoms. The Bertz CT molecular complexity index is 741. The van der Waals surface area contributed by atoms with Crippen LogP contribution < -0.4 is 10.6 Å². The lowest BCUT2D eigenvalue weighted by Gasteiger charge is -2.22. The molecule has 0 saturated heterocycles. The van der Waals surface area contributed by atoms with Gasteiger partial charge >= 0.3 is 0 Å². The van der Waals surface area contributed by atoms with Crippen molar-refractivity contribution < 1.29 is 13.6 Å². The molecule has 128 valence electrons. The summed E-state index contributed by atoms with van der Waals surface area (Å²) in [5.74, 6) is -1.92. The zero-order valence-corrected chi connectivity index (χ0v) is 14.2. The Hall–Kier alpha value is -2.02. The van der Waals surface area contributed by atoms with Gasteiger partial charge in [0.1, 0.15) is 16.5 Å². The molecule has 1 aromatic heterocycles. The summed E-state index contributed by atoms with van der Waals surface area (Å²) in [4.78, 5) is 17.2. The van der Waals surface area contributed by atoms with Crippen LogP contribution in [0.2, 0.25) is 0 Å². The van der Waals surface area contributed by atoms with E-state index in [1.807, 2.05) is 0 Å². The van der Waals surface area contributed by atoms with Crippen LogP contribution in [0.25, 0.3) is 0 Å². The number of thiazole rings is 1. The van der Waals surface area contributed by atoms with Gasteiger partial charge in [0.05, 0.1) is 11.4 Å². The number of nitrogens with zero attached hydrogens (tertiary/aromatic N) is 1. The lowest BCUT2D eigenvalue weighted by molar-refractivity contribution is 0.102. The zero-order chi connectivity index (χ0) is 17.1. The number of rotatable bonds is 4. The second kappa shape index (κ2) is 7.25. The Balaban J connectivity index is 1.70. The van der Waals surface area contributed by atoms with Crippen molar-refractivity contribution in [2.24, 2.45) is 0 Å². The third-order valence-corrected chi connectivity index (χ3v) is 5.20. The molecule has 0 bridgehead atoms. The molecule has 0 spiro atoms. The molecule has 1 heterocycles. The fraction of sp³-hybridized carbons (Fsp3) is 0.412. The maximum atomic E-state index is 13.7. The molecule has 1 aromatic carbocycles. The van der Waals surface area contributed by atoms with Gasteiger partial charge in [-0.25, -0.2) is 13.8 Å². The van der Waals surface area contributed by atoms with Crippen LogP contribution >= 0.6 is 11.3 Å². The molecule has 1 aliphatic rings. The van der Waals surface area contributed by atoms with E-state index in [1.165, 1.54) is 36.7 Å². The average molecular weight is 351 g/mol. The normalized spacial score (nSPS) is 15.3. The molecule has 1 amide bonds. The van der Waals surface area contributed by atoms with Crippen molar-refractivity contribution in [3.63, 3.8) is 0 Å². The summed E-state index contributed by atoms with van der Waals surface area (Å²) in [6.07, 6.45) is 5.91. The number of aromatic nitrogens is 1. The average Bonchev–Trinajstić information content (AvgIpc) is 2.91. The molecular weight excluding hydrogens is 332 g/mol. The van der Waals surface area contributed by atoms with Crippen molar-refractivity contribution in [3.8, 4) is 0 Å². The monoisotopic (exact) mass is 351 g/mol. The van der Waals surface area contributed by atoms with Crippen LogP contribution in [0.3, 0.4) is 0 Å². The van der Waals surface area contributed by atoms with Gasteiger partial charge in [0.25, 0.3) is 5.91 Å². The molecule has 24 heavy (non-hydrogen) atoms. The molecule has 0 radical (unpaired) electrons. The molecule has 0 unspecified atom stereocenters. The van der Waals surface area contributed by atoms with Crippen molar-refractivity contribution in [1.82, 2.24) is 4.98 Å². The van der Waals surface area contributed by atoms with E-state index in [0.29, 0.717) is 21.7 Å². The van der Waals surface area contributed by atoms with Crippen LogP contribution in [-0.2, 0) is 0 Å². The highest BCUT2D eigenvalue weighted by Crippen LogP contribution is 2.28. The first-order valence-corrected chi connectivity index (χ1v) is 8.85. The van der Waals surface area contributed by atoms with Gasteiger partial charge in [-0.3, -0.25) is 4.79 Å². The van der Waals surface area contributed by atoms with Gasteiger partial charge in [-0.1, -0.05) is 30.6 Å². The fourth-order valence-electron chi connectivity index (χ4n) is 2.86. The number of anilines is 2. The van der Waals surface area contributed by atoms with Crippen LogP contribution in [0, 0.1) is 18.6 Å². The van der Waals surface area contributed by atoms with Gasteiger partial charge < -0.3 is 10.6 Å². The van der Waals surface area contributed by atoms with Crippen LogP contribution in [0.1, 0.15) is 47.5 Å². The van der Waals surface area contributed by atoms with E-state index in [9.17, 15) is 13.6 Å². The third-order valence-electron chi connectivity index (χ3n) is 4.11. The standard InChI is InChI=1S/C17H19F2N3OS/c1-10-15(16(23)22-14-8-7-11(18)9-13(14)19)24-17(20-10)21-12-5-3-2-4-6-12/h7-9,12H,2-6H2,1H3,(H,20,21)(H,22,23). The number of halogens is 2. The van der Waals surface area contributed by atoms with Crippen LogP contribution in [0.5, 0.6) is 0 Å². The second-order valence-corrected chi connectivity index (χ2v) is 6.99. The van der Waals surface area contributed by atoms with Crippen LogP contribution in [0.4, 0.5) is 19.6 Å². The second-order valence-electron chi connectivity index (χ2n) is 5.99. The Labute approximate surface area is 143 Å². The van der Waals surface area contributed by atoms with Crippen molar-refractivity contribution in [3.05, 3.63) is 40.4 Å². The van der Waals surface area contributed by atoms with E-state index < -0.39 is 17.5 Å². The third kappa shape index (κ3) is 3.90. The molecule has 2 aromatic rings. The summed E-state index contributed by atoms with van der Waals surface area (Å²) in [6, 6.07) is 3.45. The number of hydrogen-bond donors (Lipinski definition) is 2. The highest BCUT2D eigenvalue weighted by atomic mass is 32.1. The van der Waals surface area contributed by atoms with Crippen LogP contribution in [-0.4, -0.2) is 16.9 Å². The minimum atomic E-state index is -0.800. The lowest BCUT2D eigenvalue weighted by atomic mass is 9.96. The molecule has 0 aliphatic heterocycles. The quantitative estimate of drug-likeness (QED) is 0.837. The summed E-state index contributed by atoms with van der Waals surface area (Å²) in [7, 11) is 0. The predicted molar refractivity (Wildman–Crippen MR) is 91.7 cm³/mol. The molecule has 1 aliphatic carbocycles. The topological polar surface area (TPSA) is 54.0 Å². The first kappa shape index (κ1) is 16.8. The van der Waals surface area contributed by atoms with Gasteiger partial charge in [-0.05, 0) is 31.9 Å².